The summed E-state index contributed by atoms with van der Waals surface area (Å²) in [5.74, 6) is 6.27. The van der Waals surface area contributed by atoms with Gasteiger partial charge in [0.25, 0.3) is 0 Å². The molecule has 0 amide bonds. The molecule has 2 unspecified atom stereocenters. The van der Waals surface area contributed by atoms with E-state index in [9.17, 15) is 0 Å². The number of hydrogen-bond donors (Lipinski definition) is 2. The van der Waals surface area contributed by atoms with Crippen LogP contribution >= 0.6 is 0 Å². The molecule has 16 heavy (non-hydrogen) atoms. The van der Waals surface area contributed by atoms with Gasteiger partial charge in [-0.05, 0) is 31.7 Å². The van der Waals surface area contributed by atoms with Gasteiger partial charge in [0.15, 0.2) is 0 Å². The van der Waals surface area contributed by atoms with E-state index < -0.39 is 0 Å². The second-order valence-corrected chi connectivity index (χ2v) is 4.04. The minimum atomic E-state index is 0.0189. The van der Waals surface area contributed by atoms with Gasteiger partial charge in [0.2, 0.25) is 0 Å². The maximum Gasteiger partial charge on any atom is 0.146 e. The summed E-state index contributed by atoms with van der Waals surface area (Å²) in [6, 6.07) is 1.82. The Hall–Kier alpha value is -1.04. The summed E-state index contributed by atoms with van der Waals surface area (Å²) in [6.45, 7) is 0.896. The lowest BCUT2D eigenvalue weighted by Gasteiger charge is -2.16. The van der Waals surface area contributed by atoms with Crippen LogP contribution in [0.25, 0.3) is 0 Å². The summed E-state index contributed by atoms with van der Waals surface area (Å²) in [5, 5.41) is 0. The van der Waals surface area contributed by atoms with E-state index in [4.69, 9.17) is 10.6 Å². The molecule has 0 saturated carbocycles. The molecule has 2 rings (SSSR count). The van der Waals surface area contributed by atoms with Crippen LogP contribution < -0.4 is 11.3 Å². The van der Waals surface area contributed by atoms with Crippen LogP contribution in [0.4, 0.5) is 0 Å². The molecule has 0 bridgehead atoms. The van der Waals surface area contributed by atoms with Gasteiger partial charge < -0.3 is 4.74 Å². The molecule has 1 aliphatic heterocycles. The van der Waals surface area contributed by atoms with Crippen LogP contribution in [0.5, 0.6) is 0 Å². The lowest BCUT2D eigenvalue weighted by Crippen LogP contribution is -2.30. The molecule has 0 aliphatic carbocycles. The number of hydrogen-bond acceptors (Lipinski definition) is 5. The molecule has 0 aromatic carbocycles. The molecule has 5 nitrogen and oxygen atoms in total. The Kier molecular flexibility index (Phi) is 4.21. The van der Waals surface area contributed by atoms with Crippen LogP contribution in [0, 0.1) is 0 Å². The first kappa shape index (κ1) is 11.4. The first-order valence-electron chi connectivity index (χ1n) is 5.75. The largest absolute Gasteiger partial charge is 0.378 e. The summed E-state index contributed by atoms with van der Waals surface area (Å²) >= 11 is 0. The zero-order valence-corrected chi connectivity index (χ0v) is 9.30. The van der Waals surface area contributed by atoms with Gasteiger partial charge >= 0.3 is 0 Å². The number of nitrogens with one attached hydrogen (secondary N) is 1. The van der Waals surface area contributed by atoms with Crippen molar-refractivity contribution in [1.82, 2.24) is 15.4 Å². The van der Waals surface area contributed by atoms with Crippen molar-refractivity contribution in [1.29, 1.82) is 0 Å². The summed E-state index contributed by atoms with van der Waals surface area (Å²) < 4.78 is 5.57. The Bertz CT molecular complexity index is 300. The van der Waals surface area contributed by atoms with E-state index in [1.54, 1.807) is 18.5 Å². The summed E-state index contributed by atoms with van der Waals surface area (Å²) in [5.41, 5.74) is 2.76. The number of hydrazine groups is 1. The third kappa shape index (κ3) is 2.98. The van der Waals surface area contributed by atoms with Crippen molar-refractivity contribution >= 4 is 0 Å². The highest BCUT2D eigenvalue weighted by Gasteiger charge is 2.19. The molecule has 88 valence electrons. The van der Waals surface area contributed by atoms with Crippen molar-refractivity contribution in [3.63, 3.8) is 0 Å². The van der Waals surface area contributed by atoms with Gasteiger partial charge in [-0.15, -0.1) is 0 Å². The fraction of sp³-hybridized carbons (Fsp3) is 0.636. The molecule has 3 N–H and O–H groups in total. The predicted molar refractivity (Wildman–Crippen MR) is 60.3 cm³/mol. The molecule has 0 radical (unpaired) electrons. The topological polar surface area (TPSA) is 73.1 Å². The summed E-state index contributed by atoms with van der Waals surface area (Å²) in [6.07, 6.45) is 8.11. The summed E-state index contributed by atoms with van der Waals surface area (Å²) in [7, 11) is 0. The Morgan fingerprint density at radius 1 is 1.50 bits per heavy atom. The molecule has 0 spiro atoms. The standard InChI is InChI=1S/C11H18N4O/c12-15-10(11-13-6-2-7-14-11)5-4-9-3-1-8-16-9/h2,6-7,9-10,15H,1,3-5,8,12H2. The second kappa shape index (κ2) is 5.89. The Labute approximate surface area is 95.4 Å². The van der Waals surface area contributed by atoms with Crippen molar-refractivity contribution in [2.45, 2.75) is 37.8 Å². The molecule has 1 aromatic heterocycles. The van der Waals surface area contributed by atoms with Crippen LogP contribution in [-0.4, -0.2) is 22.7 Å². The normalized spacial score (nSPS) is 22.2. The van der Waals surface area contributed by atoms with Crippen molar-refractivity contribution in [3.05, 3.63) is 24.3 Å². The van der Waals surface area contributed by atoms with Crippen molar-refractivity contribution in [2.24, 2.45) is 5.84 Å². The Balaban J connectivity index is 1.85. The first-order chi connectivity index (χ1) is 7.90. The third-order valence-electron chi connectivity index (χ3n) is 2.90. The number of rotatable bonds is 5. The van der Waals surface area contributed by atoms with Crippen LogP contribution in [-0.2, 0) is 4.74 Å². The molecule has 2 heterocycles. The highest BCUT2D eigenvalue weighted by molar-refractivity contribution is 4.95. The molecule has 1 aromatic rings. The molecular weight excluding hydrogens is 204 g/mol. The average Bonchev–Trinajstić information content (AvgIpc) is 2.84. The van der Waals surface area contributed by atoms with E-state index >= 15 is 0 Å². The van der Waals surface area contributed by atoms with E-state index in [-0.39, 0.29) is 6.04 Å². The molecular formula is C11H18N4O. The first-order valence-corrected chi connectivity index (χ1v) is 5.75. The number of aromatic nitrogens is 2. The van der Waals surface area contributed by atoms with Crippen LogP contribution in [0.3, 0.4) is 0 Å². The van der Waals surface area contributed by atoms with E-state index in [2.05, 4.69) is 15.4 Å². The molecule has 1 saturated heterocycles. The number of nitrogens with two attached hydrogens (primary N) is 1. The van der Waals surface area contributed by atoms with Gasteiger partial charge in [-0.25, -0.2) is 15.4 Å². The smallest absolute Gasteiger partial charge is 0.146 e. The van der Waals surface area contributed by atoms with Gasteiger partial charge in [0.1, 0.15) is 5.82 Å². The molecule has 5 heteroatoms. The third-order valence-corrected chi connectivity index (χ3v) is 2.90. The lowest BCUT2D eigenvalue weighted by atomic mass is 10.1. The van der Waals surface area contributed by atoms with E-state index in [1.165, 1.54) is 6.42 Å². The van der Waals surface area contributed by atoms with E-state index in [0.29, 0.717) is 6.10 Å². The van der Waals surface area contributed by atoms with E-state index in [1.807, 2.05) is 0 Å². The fourth-order valence-corrected chi connectivity index (χ4v) is 2.00. The van der Waals surface area contributed by atoms with Gasteiger partial charge in [-0.1, -0.05) is 0 Å². The van der Waals surface area contributed by atoms with Gasteiger partial charge in [-0.3, -0.25) is 5.84 Å². The number of nitrogens with zero attached hydrogens (tertiary/aromatic N) is 2. The minimum Gasteiger partial charge on any atom is -0.378 e. The SMILES string of the molecule is NNC(CCC1CCCO1)c1ncccn1. The van der Waals surface area contributed by atoms with Gasteiger partial charge in [0.05, 0.1) is 12.1 Å². The lowest BCUT2D eigenvalue weighted by molar-refractivity contribution is 0.0993. The maximum atomic E-state index is 5.57. The highest BCUT2D eigenvalue weighted by atomic mass is 16.5. The van der Waals surface area contributed by atoms with Gasteiger partial charge in [-0.2, -0.15) is 0 Å². The number of ether oxygens (including phenoxy) is 1. The predicted octanol–water partition coefficient (Wildman–Crippen LogP) is 0.940. The van der Waals surface area contributed by atoms with Crippen LogP contribution in [0.1, 0.15) is 37.5 Å². The molecule has 1 fully saturated rings. The van der Waals surface area contributed by atoms with Gasteiger partial charge in [0, 0.05) is 19.0 Å². The van der Waals surface area contributed by atoms with Crippen LogP contribution in [0.15, 0.2) is 18.5 Å². The maximum absolute atomic E-state index is 5.57. The Morgan fingerprint density at radius 2 is 2.31 bits per heavy atom. The fourth-order valence-electron chi connectivity index (χ4n) is 2.00. The molecule has 2 atom stereocenters. The summed E-state index contributed by atoms with van der Waals surface area (Å²) in [4.78, 5) is 8.40. The van der Waals surface area contributed by atoms with Crippen molar-refractivity contribution in [3.8, 4) is 0 Å². The quantitative estimate of drug-likeness (QED) is 0.573. The van der Waals surface area contributed by atoms with Crippen molar-refractivity contribution in [2.75, 3.05) is 6.61 Å². The second-order valence-electron chi connectivity index (χ2n) is 4.04. The molecule has 1 aliphatic rings. The van der Waals surface area contributed by atoms with Crippen molar-refractivity contribution < 1.29 is 4.74 Å². The highest BCUT2D eigenvalue weighted by Crippen LogP contribution is 2.21. The van der Waals surface area contributed by atoms with E-state index in [0.717, 1.165) is 31.7 Å². The monoisotopic (exact) mass is 222 g/mol. The zero-order valence-electron chi connectivity index (χ0n) is 9.30. The Morgan fingerprint density at radius 3 is 2.94 bits per heavy atom. The minimum absolute atomic E-state index is 0.0189. The van der Waals surface area contributed by atoms with Crippen LogP contribution in [0.2, 0.25) is 0 Å². The average molecular weight is 222 g/mol. The zero-order chi connectivity index (χ0) is 11.2.